The molecule has 0 aromatic carbocycles. The fourth-order valence-electron chi connectivity index (χ4n) is 5.63. The van der Waals surface area contributed by atoms with E-state index in [0.717, 1.165) is 19.3 Å². The molecule has 1 aliphatic rings. The van der Waals surface area contributed by atoms with Crippen LogP contribution >= 0.6 is 11.8 Å². The summed E-state index contributed by atoms with van der Waals surface area (Å²) in [5, 5.41) is 11.3. The molecule has 0 bridgehead atoms. The van der Waals surface area contributed by atoms with Crippen LogP contribution in [0.4, 0.5) is 0 Å². The molecule has 0 heterocycles. The lowest BCUT2D eigenvalue weighted by Crippen LogP contribution is -2.42. The summed E-state index contributed by atoms with van der Waals surface area (Å²) >= 11 is 1.58. The van der Waals surface area contributed by atoms with Gasteiger partial charge in [0.15, 0.2) is 0 Å². The van der Waals surface area contributed by atoms with Crippen LogP contribution in [0.2, 0.25) is 0 Å². The number of carbonyl (C=O) groups is 2. The van der Waals surface area contributed by atoms with Crippen LogP contribution in [0.1, 0.15) is 131 Å². The Morgan fingerprint density at radius 2 is 1.29 bits per heavy atom. The Hall–Kier alpha value is -1.01. The first-order chi connectivity index (χ1) is 18.4. The number of allylic oxidation sites excluding steroid dienone is 1. The van der Waals surface area contributed by atoms with E-state index in [9.17, 15) is 14.7 Å². The summed E-state index contributed by atoms with van der Waals surface area (Å²) in [5.74, 6) is 0.618. The second-order valence-electron chi connectivity index (χ2n) is 11.0. The van der Waals surface area contributed by atoms with Gasteiger partial charge in [0.05, 0.1) is 17.1 Å². The van der Waals surface area contributed by atoms with Crippen molar-refractivity contribution >= 4 is 23.6 Å². The lowest BCUT2D eigenvalue weighted by atomic mass is 9.80. The fraction of sp³-hybridized carbons (Fsp3) is 0.875. The molecule has 1 rings (SSSR count). The first-order valence-corrected chi connectivity index (χ1v) is 17.0. The normalized spacial score (nSPS) is 20.6. The number of rotatable bonds is 21. The number of nitrogens with zero attached hydrogens (tertiary/aromatic N) is 2. The van der Waals surface area contributed by atoms with Crippen molar-refractivity contribution in [1.29, 1.82) is 0 Å². The van der Waals surface area contributed by atoms with Crippen molar-refractivity contribution in [3.63, 3.8) is 0 Å². The molecular formula is C32H60N2O3S. The highest BCUT2D eigenvalue weighted by Crippen LogP contribution is 2.39. The monoisotopic (exact) mass is 552 g/mol. The third-order valence-electron chi connectivity index (χ3n) is 8.23. The zero-order valence-corrected chi connectivity index (χ0v) is 26.3. The maximum atomic E-state index is 12.8. The number of unbranched alkanes of at least 4 members (excludes halogenated alkanes) is 11. The van der Waals surface area contributed by atoms with Crippen LogP contribution in [0.3, 0.4) is 0 Å². The molecule has 1 saturated carbocycles. The smallest absolute Gasteiger partial charge is 0.232 e. The topological polar surface area (TPSA) is 60.9 Å². The van der Waals surface area contributed by atoms with Crippen molar-refractivity contribution in [2.45, 2.75) is 142 Å². The average Bonchev–Trinajstić information content (AvgIpc) is 2.91. The molecule has 0 spiro atoms. The van der Waals surface area contributed by atoms with Gasteiger partial charge in [0.1, 0.15) is 0 Å². The van der Waals surface area contributed by atoms with Crippen LogP contribution in [-0.2, 0) is 9.59 Å². The maximum Gasteiger partial charge on any atom is 0.232 e. The average molecular weight is 553 g/mol. The first-order valence-electron chi connectivity index (χ1n) is 16.0. The van der Waals surface area contributed by atoms with Gasteiger partial charge in [-0.2, -0.15) is 0 Å². The van der Waals surface area contributed by atoms with Crippen LogP contribution in [0.25, 0.3) is 0 Å². The van der Waals surface area contributed by atoms with E-state index in [1.165, 1.54) is 76.2 Å². The van der Waals surface area contributed by atoms with Gasteiger partial charge in [0, 0.05) is 32.6 Å². The van der Waals surface area contributed by atoms with E-state index in [4.69, 9.17) is 0 Å². The Labute approximate surface area is 239 Å². The van der Waals surface area contributed by atoms with E-state index in [2.05, 4.69) is 13.0 Å². The van der Waals surface area contributed by atoms with Crippen molar-refractivity contribution in [1.82, 2.24) is 9.80 Å². The van der Waals surface area contributed by atoms with E-state index in [-0.39, 0.29) is 23.0 Å². The molecule has 0 aliphatic heterocycles. The minimum Gasteiger partial charge on any atom is -0.391 e. The van der Waals surface area contributed by atoms with Gasteiger partial charge in [-0.1, -0.05) is 82.8 Å². The minimum absolute atomic E-state index is 0.0386. The first kappa shape index (κ1) is 35.0. The highest BCUT2D eigenvalue weighted by molar-refractivity contribution is 8.00. The zero-order valence-electron chi connectivity index (χ0n) is 25.5. The summed E-state index contributed by atoms with van der Waals surface area (Å²) in [5.41, 5.74) is 1.29. The lowest BCUT2D eigenvalue weighted by Gasteiger charge is -2.37. The summed E-state index contributed by atoms with van der Waals surface area (Å²) < 4.78 is 0. The lowest BCUT2D eigenvalue weighted by molar-refractivity contribution is -0.133. The molecule has 222 valence electrons. The van der Waals surface area contributed by atoms with E-state index >= 15 is 0 Å². The predicted molar refractivity (Wildman–Crippen MR) is 165 cm³/mol. The molecule has 1 aliphatic carbocycles. The van der Waals surface area contributed by atoms with E-state index in [1.807, 2.05) is 37.5 Å². The van der Waals surface area contributed by atoms with Gasteiger partial charge >= 0.3 is 0 Å². The number of hydrogen-bond acceptors (Lipinski definition) is 4. The summed E-state index contributed by atoms with van der Waals surface area (Å²) in [6.07, 6.45) is 19.7. The standard InChI is InChI=1S/C32H60N2O3S/c1-6-11-12-13-14-15-16-17-18-19-20-21-22-27-23-24-28(25-29(35)33(7-2)8-3)31(37)32(27)38-26-30(36)34(9-4)10-5/h22,28,31-32,37H,6-21,23-26H2,1-5H3/t28-,31-,32-/m0/s1. The maximum absolute atomic E-state index is 12.8. The van der Waals surface area contributed by atoms with E-state index in [1.54, 1.807) is 11.8 Å². The third-order valence-corrected chi connectivity index (χ3v) is 9.59. The summed E-state index contributed by atoms with van der Waals surface area (Å²) in [7, 11) is 0. The highest BCUT2D eigenvalue weighted by Gasteiger charge is 2.37. The Morgan fingerprint density at radius 3 is 1.82 bits per heavy atom. The minimum atomic E-state index is -0.582. The molecule has 1 fully saturated rings. The van der Waals surface area contributed by atoms with Crippen LogP contribution in [0.15, 0.2) is 11.6 Å². The van der Waals surface area contributed by atoms with Gasteiger partial charge < -0.3 is 14.9 Å². The Bertz CT molecular complexity index is 661. The molecule has 3 atom stereocenters. The molecule has 0 aromatic heterocycles. The summed E-state index contributed by atoms with van der Waals surface area (Å²) in [6, 6.07) is 0. The Balaban J connectivity index is 2.61. The van der Waals surface area contributed by atoms with Crippen molar-refractivity contribution in [3.8, 4) is 0 Å². The van der Waals surface area contributed by atoms with Crippen molar-refractivity contribution < 1.29 is 14.7 Å². The highest BCUT2D eigenvalue weighted by atomic mass is 32.2. The van der Waals surface area contributed by atoms with Crippen LogP contribution in [-0.4, -0.2) is 70.0 Å². The number of carbonyl (C=O) groups excluding carboxylic acids is 2. The third kappa shape index (κ3) is 13.4. The van der Waals surface area contributed by atoms with Crippen molar-refractivity contribution in [2.75, 3.05) is 31.9 Å². The molecule has 0 unspecified atom stereocenters. The fourth-order valence-corrected chi connectivity index (χ4v) is 6.98. The SMILES string of the molecule is CCCCCCCCCCCCCC=C1CC[C@@H](CC(=O)N(CC)CC)[C@H](O)[C@H]1SCC(=O)N(CC)CC. The molecule has 0 aromatic rings. The molecule has 0 saturated heterocycles. The zero-order chi connectivity index (χ0) is 28.2. The molecule has 0 radical (unpaired) electrons. The molecular weight excluding hydrogens is 492 g/mol. The number of thioether (sulfide) groups is 1. The van der Waals surface area contributed by atoms with E-state index in [0.29, 0.717) is 38.4 Å². The van der Waals surface area contributed by atoms with Crippen molar-refractivity contribution in [2.24, 2.45) is 5.92 Å². The summed E-state index contributed by atoms with van der Waals surface area (Å²) in [4.78, 5) is 29.2. The Kier molecular flexibility index (Phi) is 20.1. The molecule has 38 heavy (non-hydrogen) atoms. The largest absolute Gasteiger partial charge is 0.391 e. The number of aliphatic hydroxyl groups is 1. The van der Waals surface area contributed by atoms with Gasteiger partial charge in [-0.05, 0) is 59.3 Å². The van der Waals surface area contributed by atoms with Crippen molar-refractivity contribution in [3.05, 3.63) is 11.6 Å². The number of amides is 2. The van der Waals surface area contributed by atoms with Gasteiger partial charge in [-0.25, -0.2) is 0 Å². The van der Waals surface area contributed by atoms with Gasteiger partial charge in [-0.3, -0.25) is 9.59 Å². The van der Waals surface area contributed by atoms with Crippen LogP contribution < -0.4 is 0 Å². The van der Waals surface area contributed by atoms with Crippen LogP contribution in [0, 0.1) is 5.92 Å². The van der Waals surface area contributed by atoms with E-state index < -0.39 is 6.10 Å². The van der Waals surface area contributed by atoms with Crippen LogP contribution in [0.5, 0.6) is 0 Å². The second-order valence-corrected chi connectivity index (χ2v) is 12.1. The molecule has 1 N–H and O–H groups in total. The number of aliphatic hydroxyl groups excluding tert-OH is 1. The Morgan fingerprint density at radius 1 is 0.789 bits per heavy atom. The second kappa shape index (κ2) is 21.8. The van der Waals surface area contributed by atoms with Gasteiger partial charge in [-0.15, -0.1) is 11.8 Å². The predicted octanol–water partition coefficient (Wildman–Crippen LogP) is 7.61. The van der Waals surface area contributed by atoms with Gasteiger partial charge in [0.25, 0.3) is 0 Å². The number of hydrogen-bond donors (Lipinski definition) is 1. The molecule has 5 nitrogen and oxygen atoms in total. The van der Waals surface area contributed by atoms with Gasteiger partial charge in [0.2, 0.25) is 11.8 Å². The summed E-state index contributed by atoms with van der Waals surface area (Å²) in [6.45, 7) is 13.1. The quantitative estimate of drug-likeness (QED) is 0.118. The molecule has 2 amide bonds. The molecule has 6 heteroatoms.